The fraction of sp³-hybridized carbons (Fsp3) is 0.105. The number of aromatic nitrogens is 1. The van der Waals surface area contributed by atoms with E-state index in [-0.39, 0.29) is 10.6 Å². The molecule has 120 valence electrons. The highest BCUT2D eigenvalue weighted by molar-refractivity contribution is 5.62. The molecule has 0 saturated heterocycles. The number of aryl methyl sites for hydroxylation is 1. The molecule has 0 radical (unpaired) electrons. The summed E-state index contributed by atoms with van der Waals surface area (Å²) in [6.45, 7) is 2.40. The average Bonchev–Trinajstić information content (AvgIpc) is 2.61. The maximum atomic E-state index is 10.8. The molecule has 2 aromatic carbocycles. The van der Waals surface area contributed by atoms with Gasteiger partial charge in [-0.15, -0.1) is 0 Å². The van der Waals surface area contributed by atoms with E-state index in [4.69, 9.17) is 0 Å². The Balaban J connectivity index is 1.67. The van der Waals surface area contributed by atoms with Crippen LogP contribution in [0.2, 0.25) is 0 Å². The van der Waals surface area contributed by atoms with Crippen molar-refractivity contribution in [2.45, 2.75) is 13.5 Å². The Morgan fingerprint density at radius 3 is 2.50 bits per heavy atom. The SMILES string of the molecule is Cc1cc(NCc2ccc(-c3cccnc3)cc2)ccc1[N+](=O)[O-]. The standard InChI is InChI=1S/C19H17N3O2/c1-14-11-18(8-9-19(14)22(23)24)21-12-15-4-6-16(7-5-15)17-3-2-10-20-13-17/h2-11,13,21H,12H2,1H3. The molecule has 0 unspecified atom stereocenters. The first kappa shape index (κ1) is 15.7. The number of hydrogen-bond acceptors (Lipinski definition) is 4. The zero-order chi connectivity index (χ0) is 16.9. The normalized spacial score (nSPS) is 10.4. The molecular weight excluding hydrogens is 302 g/mol. The lowest BCUT2D eigenvalue weighted by Crippen LogP contribution is -2.00. The highest BCUT2D eigenvalue weighted by Gasteiger charge is 2.09. The van der Waals surface area contributed by atoms with Gasteiger partial charge in [-0.1, -0.05) is 30.3 Å². The molecule has 0 amide bonds. The number of hydrogen-bond donors (Lipinski definition) is 1. The van der Waals surface area contributed by atoms with E-state index in [2.05, 4.69) is 34.6 Å². The van der Waals surface area contributed by atoms with Crippen molar-refractivity contribution in [3.63, 3.8) is 0 Å². The van der Waals surface area contributed by atoms with Crippen molar-refractivity contribution in [3.05, 3.63) is 88.2 Å². The number of nitro groups is 1. The second kappa shape index (κ2) is 6.91. The molecule has 3 aromatic rings. The second-order valence-corrected chi connectivity index (χ2v) is 5.55. The third kappa shape index (κ3) is 3.57. The molecule has 3 rings (SSSR count). The van der Waals surface area contributed by atoms with E-state index in [9.17, 15) is 10.1 Å². The highest BCUT2D eigenvalue weighted by Crippen LogP contribution is 2.22. The summed E-state index contributed by atoms with van der Waals surface area (Å²) < 4.78 is 0. The second-order valence-electron chi connectivity index (χ2n) is 5.55. The quantitative estimate of drug-likeness (QED) is 0.552. The average molecular weight is 319 g/mol. The smallest absolute Gasteiger partial charge is 0.272 e. The minimum atomic E-state index is -0.365. The van der Waals surface area contributed by atoms with E-state index in [1.54, 1.807) is 25.3 Å². The lowest BCUT2D eigenvalue weighted by Gasteiger charge is -2.08. The van der Waals surface area contributed by atoms with Crippen molar-refractivity contribution in [2.75, 3.05) is 5.32 Å². The Kier molecular flexibility index (Phi) is 4.52. The minimum absolute atomic E-state index is 0.140. The number of nitrogens with one attached hydrogen (secondary N) is 1. The van der Waals surface area contributed by atoms with Gasteiger partial charge in [0.25, 0.3) is 5.69 Å². The maximum Gasteiger partial charge on any atom is 0.272 e. The molecule has 1 heterocycles. The molecule has 0 aliphatic rings. The summed E-state index contributed by atoms with van der Waals surface area (Å²) in [5.74, 6) is 0. The van der Waals surface area contributed by atoms with Gasteiger partial charge in [0.15, 0.2) is 0 Å². The lowest BCUT2D eigenvalue weighted by atomic mass is 10.1. The summed E-state index contributed by atoms with van der Waals surface area (Å²) in [5.41, 5.74) is 5.01. The maximum absolute atomic E-state index is 10.8. The van der Waals surface area contributed by atoms with Crippen LogP contribution in [0.15, 0.2) is 67.0 Å². The van der Waals surface area contributed by atoms with Gasteiger partial charge in [0.2, 0.25) is 0 Å². The molecule has 0 fully saturated rings. The van der Waals surface area contributed by atoms with Crippen LogP contribution in [-0.2, 0) is 6.54 Å². The number of nitrogens with zero attached hydrogens (tertiary/aromatic N) is 2. The van der Waals surface area contributed by atoms with Crippen LogP contribution in [0.5, 0.6) is 0 Å². The minimum Gasteiger partial charge on any atom is -0.381 e. The predicted molar refractivity (Wildman–Crippen MR) is 94.8 cm³/mol. The van der Waals surface area contributed by atoms with Crippen LogP contribution in [0, 0.1) is 17.0 Å². The van der Waals surface area contributed by atoms with Crippen LogP contribution < -0.4 is 5.32 Å². The molecular formula is C19H17N3O2. The molecule has 0 saturated carbocycles. The third-order valence-corrected chi connectivity index (χ3v) is 3.84. The number of pyridine rings is 1. The van der Waals surface area contributed by atoms with E-state index >= 15 is 0 Å². The molecule has 1 N–H and O–H groups in total. The molecule has 5 nitrogen and oxygen atoms in total. The van der Waals surface area contributed by atoms with Crippen molar-refractivity contribution < 1.29 is 4.92 Å². The van der Waals surface area contributed by atoms with Crippen molar-refractivity contribution in [1.29, 1.82) is 0 Å². The van der Waals surface area contributed by atoms with Gasteiger partial charge in [-0.2, -0.15) is 0 Å². The van der Waals surface area contributed by atoms with Crippen LogP contribution in [0.4, 0.5) is 11.4 Å². The van der Waals surface area contributed by atoms with Crippen molar-refractivity contribution >= 4 is 11.4 Å². The van der Waals surface area contributed by atoms with Crippen molar-refractivity contribution in [1.82, 2.24) is 4.98 Å². The Hall–Kier alpha value is -3.21. The van der Waals surface area contributed by atoms with Crippen LogP contribution in [0.3, 0.4) is 0 Å². The van der Waals surface area contributed by atoms with Gasteiger partial charge in [0.05, 0.1) is 4.92 Å². The van der Waals surface area contributed by atoms with Gasteiger partial charge < -0.3 is 5.32 Å². The molecule has 24 heavy (non-hydrogen) atoms. The molecule has 0 spiro atoms. The summed E-state index contributed by atoms with van der Waals surface area (Å²) >= 11 is 0. The fourth-order valence-corrected chi connectivity index (χ4v) is 2.52. The Labute approximate surface area is 140 Å². The van der Waals surface area contributed by atoms with Gasteiger partial charge >= 0.3 is 0 Å². The van der Waals surface area contributed by atoms with Crippen molar-refractivity contribution in [3.8, 4) is 11.1 Å². The predicted octanol–water partition coefficient (Wildman–Crippen LogP) is 4.58. The Morgan fingerprint density at radius 1 is 1.08 bits per heavy atom. The van der Waals surface area contributed by atoms with Crippen LogP contribution in [0.25, 0.3) is 11.1 Å². The highest BCUT2D eigenvalue weighted by atomic mass is 16.6. The molecule has 5 heteroatoms. The summed E-state index contributed by atoms with van der Waals surface area (Å²) in [6.07, 6.45) is 3.60. The first-order valence-electron chi connectivity index (χ1n) is 7.62. The van der Waals surface area contributed by atoms with Gasteiger partial charge in [-0.05, 0) is 41.8 Å². The van der Waals surface area contributed by atoms with Crippen LogP contribution >= 0.6 is 0 Å². The molecule has 1 aromatic heterocycles. The summed E-state index contributed by atoms with van der Waals surface area (Å²) in [4.78, 5) is 14.6. The fourth-order valence-electron chi connectivity index (χ4n) is 2.52. The largest absolute Gasteiger partial charge is 0.381 e. The van der Waals surface area contributed by atoms with Gasteiger partial charge in [-0.25, -0.2) is 0 Å². The van der Waals surface area contributed by atoms with Gasteiger partial charge in [0, 0.05) is 36.3 Å². The zero-order valence-electron chi connectivity index (χ0n) is 13.3. The topological polar surface area (TPSA) is 68.1 Å². The summed E-state index contributed by atoms with van der Waals surface area (Å²) in [6, 6.07) is 17.3. The molecule has 0 aliphatic heterocycles. The Bertz CT molecular complexity index is 846. The van der Waals surface area contributed by atoms with Gasteiger partial charge in [-0.3, -0.25) is 15.1 Å². The molecule has 0 aliphatic carbocycles. The van der Waals surface area contributed by atoms with E-state index in [1.807, 2.05) is 18.3 Å². The van der Waals surface area contributed by atoms with E-state index in [0.717, 1.165) is 22.4 Å². The number of anilines is 1. The van der Waals surface area contributed by atoms with E-state index < -0.39 is 0 Å². The third-order valence-electron chi connectivity index (χ3n) is 3.84. The molecule has 0 atom stereocenters. The first-order valence-corrected chi connectivity index (χ1v) is 7.62. The number of rotatable bonds is 5. The van der Waals surface area contributed by atoms with E-state index in [1.165, 1.54) is 6.07 Å². The zero-order valence-corrected chi connectivity index (χ0v) is 13.3. The summed E-state index contributed by atoms with van der Waals surface area (Å²) in [5, 5.41) is 14.1. The number of benzene rings is 2. The first-order chi connectivity index (χ1) is 11.6. The van der Waals surface area contributed by atoms with Crippen molar-refractivity contribution in [2.24, 2.45) is 0 Å². The number of nitro benzene ring substituents is 1. The van der Waals surface area contributed by atoms with Crippen LogP contribution in [-0.4, -0.2) is 9.91 Å². The van der Waals surface area contributed by atoms with E-state index in [0.29, 0.717) is 12.1 Å². The molecule has 0 bridgehead atoms. The lowest BCUT2D eigenvalue weighted by molar-refractivity contribution is -0.385. The Morgan fingerprint density at radius 2 is 1.88 bits per heavy atom. The monoisotopic (exact) mass is 319 g/mol. The summed E-state index contributed by atoms with van der Waals surface area (Å²) in [7, 11) is 0. The van der Waals surface area contributed by atoms with Gasteiger partial charge in [0.1, 0.15) is 0 Å². The van der Waals surface area contributed by atoms with Crippen LogP contribution in [0.1, 0.15) is 11.1 Å².